The Kier molecular flexibility index (Phi) is 4.93. The van der Waals surface area contributed by atoms with Crippen LogP contribution in [0.3, 0.4) is 0 Å². The molecule has 0 spiro atoms. The molecule has 9 aromatic rings. The first-order chi connectivity index (χ1) is 23.7. The Morgan fingerprint density at radius 3 is 1.75 bits per heavy atom. The van der Waals surface area contributed by atoms with Gasteiger partial charge in [0.05, 0.1) is 21.8 Å². The van der Waals surface area contributed by atoms with Gasteiger partial charge in [-0.25, -0.2) is 0 Å². The van der Waals surface area contributed by atoms with Crippen molar-refractivity contribution >= 4 is 43.7 Å². The number of para-hydroxylation sites is 3. The monoisotopic (exact) mass is 617 g/mol. The van der Waals surface area contributed by atoms with Gasteiger partial charge < -0.3 is 13.9 Å². The molecule has 7 aromatic carbocycles. The summed E-state index contributed by atoms with van der Waals surface area (Å²) >= 11 is 0. The Morgan fingerprint density at radius 2 is 0.958 bits per heavy atom. The molecule has 2 aromatic heterocycles. The van der Waals surface area contributed by atoms with Crippen molar-refractivity contribution in [2.45, 2.75) is 0 Å². The van der Waals surface area contributed by atoms with Crippen LogP contribution < -0.4 is 14.9 Å². The number of fused-ring (bicyclic) bond motifs is 3. The van der Waals surface area contributed by atoms with E-state index in [9.17, 15) is 4.79 Å². The molecule has 224 valence electrons. The molecule has 0 N–H and O–H groups in total. The highest BCUT2D eigenvalue weighted by molar-refractivity contribution is 6.16. The van der Waals surface area contributed by atoms with Crippen molar-refractivity contribution in [1.29, 1.82) is 0 Å². The van der Waals surface area contributed by atoms with E-state index in [1.807, 2.05) is 66.7 Å². The van der Waals surface area contributed by atoms with Crippen molar-refractivity contribution in [3.63, 3.8) is 0 Å². The standard InChI is InChI=1S/C43H23NO4/c45-43-31-11-1-2-13-34(31)46-35-18-17-28(21-33(35)43)26-9-3-7-24(19-26)25-8-4-10-27(20-25)29-22-32-30-12-5-14-36-40(30)44-41(32)39(23-29)48-38-16-6-15-37(47-36)42(38)44/h1-23H. The molecule has 0 radical (unpaired) electrons. The number of hydrogen-bond acceptors (Lipinski definition) is 4. The van der Waals surface area contributed by atoms with E-state index in [4.69, 9.17) is 13.9 Å². The van der Waals surface area contributed by atoms with E-state index in [1.165, 1.54) is 0 Å². The van der Waals surface area contributed by atoms with E-state index >= 15 is 0 Å². The number of nitrogens with zero attached hydrogens (tertiary/aromatic N) is 1. The molecule has 2 aliphatic heterocycles. The predicted octanol–water partition coefficient (Wildman–Crippen LogP) is 11.3. The van der Waals surface area contributed by atoms with Crippen LogP contribution >= 0.6 is 0 Å². The Morgan fingerprint density at radius 1 is 0.396 bits per heavy atom. The van der Waals surface area contributed by atoms with Crippen LogP contribution in [0, 0.1) is 0 Å². The summed E-state index contributed by atoms with van der Waals surface area (Å²) in [5.74, 6) is 3.27. The maximum absolute atomic E-state index is 13.3. The summed E-state index contributed by atoms with van der Waals surface area (Å²) in [6.07, 6.45) is 0. The third-order valence-electron chi connectivity index (χ3n) is 9.74. The molecule has 0 bridgehead atoms. The maximum atomic E-state index is 13.3. The van der Waals surface area contributed by atoms with Gasteiger partial charge in [0.1, 0.15) is 16.9 Å². The Balaban J connectivity index is 1.03. The summed E-state index contributed by atoms with van der Waals surface area (Å²) in [5, 5.41) is 3.43. The highest BCUT2D eigenvalue weighted by atomic mass is 16.5. The lowest BCUT2D eigenvalue weighted by Gasteiger charge is -2.27. The molecular weight excluding hydrogens is 594 g/mol. The molecule has 5 heteroatoms. The van der Waals surface area contributed by atoms with Crippen molar-refractivity contribution in [2.75, 3.05) is 0 Å². The molecular formula is C43H23NO4. The molecule has 2 aliphatic rings. The predicted molar refractivity (Wildman–Crippen MR) is 191 cm³/mol. The number of aromatic nitrogens is 1. The summed E-state index contributed by atoms with van der Waals surface area (Å²) < 4.78 is 21.2. The molecule has 11 rings (SSSR count). The zero-order valence-corrected chi connectivity index (χ0v) is 25.4. The van der Waals surface area contributed by atoms with Crippen molar-refractivity contribution < 1.29 is 13.9 Å². The quantitative estimate of drug-likeness (QED) is 0.185. The molecule has 0 unspecified atom stereocenters. The largest absolute Gasteiger partial charge is 0.456 e. The van der Waals surface area contributed by atoms with Crippen molar-refractivity contribution in [3.8, 4) is 62.1 Å². The second-order valence-corrected chi connectivity index (χ2v) is 12.5. The van der Waals surface area contributed by atoms with Gasteiger partial charge in [-0.15, -0.1) is 0 Å². The number of rotatable bonds is 3. The first kappa shape index (κ1) is 25.6. The summed E-state index contributed by atoms with van der Waals surface area (Å²) in [7, 11) is 0. The van der Waals surface area contributed by atoms with Crippen LogP contribution in [0.1, 0.15) is 0 Å². The highest BCUT2D eigenvalue weighted by Crippen LogP contribution is 2.54. The van der Waals surface area contributed by atoms with E-state index in [-0.39, 0.29) is 5.43 Å². The second kappa shape index (κ2) is 9.24. The first-order valence-corrected chi connectivity index (χ1v) is 16.0. The maximum Gasteiger partial charge on any atom is 0.200 e. The topological polar surface area (TPSA) is 53.6 Å². The first-order valence-electron chi connectivity index (χ1n) is 16.0. The van der Waals surface area contributed by atoms with Crippen LogP contribution in [0.25, 0.3) is 82.8 Å². The molecule has 4 heterocycles. The molecule has 0 saturated carbocycles. The molecule has 0 fully saturated rings. The Bertz CT molecular complexity index is 2930. The van der Waals surface area contributed by atoms with Gasteiger partial charge in [-0.2, -0.15) is 0 Å². The van der Waals surface area contributed by atoms with Crippen molar-refractivity contribution in [2.24, 2.45) is 0 Å². The van der Waals surface area contributed by atoms with Crippen LogP contribution in [0.4, 0.5) is 0 Å². The Hall–Kier alpha value is -6.59. The van der Waals surface area contributed by atoms with Gasteiger partial charge in [0.2, 0.25) is 5.43 Å². The van der Waals surface area contributed by atoms with Gasteiger partial charge in [0, 0.05) is 10.8 Å². The summed E-state index contributed by atoms with van der Waals surface area (Å²) in [6.45, 7) is 0. The van der Waals surface area contributed by atoms with E-state index in [0.717, 1.165) is 83.9 Å². The fourth-order valence-electron chi connectivity index (χ4n) is 7.54. The fraction of sp³-hybridized carbons (Fsp3) is 0. The molecule has 0 aliphatic carbocycles. The third kappa shape index (κ3) is 3.47. The fourth-order valence-corrected chi connectivity index (χ4v) is 7.54. The molecule has 0 atom stereocenters. The van der Waals surface area contributed by atoms with Crippen LogP contribution in [0.2, 0.25) is 0 Å². The van der Waals surface area contributed by atoms with Crippen LogP contribution in [-0.2, 0) is 0 Å². The van der Waals surface area contributed by atoms with Crippen LogP contribution in [0.15, 0.2) is 149 Å². The lowest BCUT2D eigenvalue weighted by molar-refractivity contribution is 0.444. The zero-order valence-electron chi connectivity index (χ0n) is 25.4. The van der Waals surface area contributed by atoms with Gasteiger partial charge in [-0.1, -0.05) is 72.8 Å². The third-order valence-corrected chi connectivity index (χ3v) is 9.74. The van der Waals surface area contributed by atoms with Crippen molar-refractivity contribution in [1.82, 2.24) is 4.57 Å². The average molecular weight is 618 g/mol. The zero-order chi connectivity index (χ0) is 31.5. The van der Waals surface area contributed by atoms with Gasteiger partial charge in [-0.05, 0) is 100 Å². The Labute approximate surface area is 273 Å². The minimum absolute atomic E-state index is 0.0186. The van der Waals surface area contributed by atoms with Crippen LogP contribution in [-0.4, -0.2) is 4.57 Å². The van der Waals surface area contributed by atoms with Gasteiger partial charge in [0.25, 0.3) is 0 Å². The minimum Gasteiger partial charge on any atom is -0.456 e. The van der Waals surface area contributed by atoms with Gasteiger partial charge >= 0.3 is 0 Å². The second-order valence-electron chi connectivity index (χ2n) is 12.5. The highest BCUT2D eigenvalue weighted by Gasteiger charge is 2.32. The van der Waals surface area contributed by atoms with E-state index < -0.39 is 0 Å². The molecule has 5 nitrogen and oxygen atoms in total. The molecule has 0 saturated heterocycles. The van der Waals surface area contributed by atoms with Crippen LogP contribution in [0.5, 0.6) is 23.0 Å². The van der Waals surface area contributed by atoms with Crippen molar-refractivity contribution in [3.05, 3.63) is 150 Å². The average Bonchev–Trinajstić information content (AvgIpc) is 3.48. The number of ether oxygens (including phenoxy) is 2. The molecule has 0 amide bonds. The van der Waals surface area contributed by atoms with E-state index in [0.29, 0.717) is 21.9 Å². The van der Waals surface area contributed by atoms with E-state index in [1.54, 1.807) is 0 Å². The SMILES string of the molecule is O=c1c2ccccc2oc2ccc(-c3cccc(-c4cccc(-c5cc6c7c(c5)c5cccc8c5n7-c5c(cccc5O6)O8)c4)c3)cc12. The summed E-state index contributed by atoms with van der Waals surface area (Å²) in [6, 6.07) is 46.9. The number of benzene rings is 7. The van der Waals surface area contributed by atoms with Gasteiger partial charge in [-0.3, -0.25) is 9.36 Å². The smallest absolute Gasteiger partial charge is 0.200 e. The summed E-state index contributed by atoms with van der Waals surface area (Å²) in [5.41, 5.74) is 10.6. The lowest BCUT2D eigenvalue weighted by Crippen LogP contribution is -2.09. The normalized spacial score (nSPS) is 12.6. The number of hydrogen-bond donors (Lipinski definition) is 0. The summed E-state index contributed by atoms with van der Waals surface area (Å²) in [4.78, 5) is 13.3. The van der Waals surface area contributed by atoms with E-state index in [2.05, 4.69) is 77.4 Å². The minimum atomic E-state index is -0.0186. The van der Waals surface area contributed by atoms with Gasteiger partial charge in [0.15, 0.2) is 23.0 Å². The molecule has 48 heavy (non-hydrogen) atoms. The lowest BCUT2D eigenvalue weighted by atomic mass is 9.95.